The minimum atomic E-state index is -1.23. The third-order valence-electron chi connectivity index (χ3n) is 10.3. The Labute approximate surface area is 375 Å². The lowest BCUT2D eigenvalue weighted by molar-refractivity contribution is 0.0599. The fraction of sp³-hybridized carbons (Fsp3) is 0.227. The molecule has 8 rings (SSSR count). The number of hydrogen-bond acceptors (Lipinski definition) is 9. The van der Waals surface area contributed by atoms with Crippen LogP contribution in [0.1, 0.15) is 72.8 Å². The van der Waals surface area contributed by atoms with E-state index < -0.39 is 35.4 Å². The fourth-order valence-electron chi connectivity index (χ4n) is 7.45. The van der Waals surface area contributed by atoms with Crippen molar-refractivity contribution in [3.63, 3.8) is 0 Å². The lowest BCUT2D eigenvalue weighted by atomic mass is 9.99. The summed E-state index contributed by atoms with van der Waals surface area (Å²) in [4.78, 5) is 53.3. The SMILES string of the molecule is C.CN1CCCc2c(-c3ccc(C(=O)O)cc3F)nn(C(=O)c3c(Cl)cccc3Cl)c21.COC(=O)c1ccc(-c2nn(C(=O)c3c(Cl)cccc3Cl)c3c2CCCN3C)c(F)c1. The van der Waals surface area contributed by atoms with Crippen molar-refractivity contribution >= 4 is 81.8 Å². The molecule has 1 N–H and O–H groups in total. The van der Waals surface area contributed by atoms with E-state index in [1.165, 1.54) is 40.7 Å². The van der Waals surface area contributed by atoms with Crippen molar-refractivity contribution in [3.05, 3.63) is 138 Å². The molecule has 2 aliphatic heterocycles. The van der Waals surface area contributed by atoms with Crippen LogP contribution in [0, 0.1) is 11.6 Å². The zero-order valence-electron chi connectivity index (χ0n) is 32.6. The Morgan fingerprint density at radius 1 is 0.645 bits per heavy atom. The van der Waals surface area contributed by atoms with Gasteiger partial charge in [-0.2, -0.15) is 19.6 Å². The second kappa shape index (κ2) is 18.7. The number of aromatic carboxylic acids is 1. The topological polar surface area (TPSA) is 140 Å². The summed E-state index contributed by atoms with van der Waals surface area (Å²) in [5.41, 5.74) is 2.57. The number of methoxy groups -OCH3 is 1. The van der Waals surface area contributed by atoms with Crippen LogP contribution in [-0.4, -0.2) is 82.7 Å². The summed E-state index contributed by atoms with van der Waals surface area (Å²) in [5, 5.41) is 18.8. The third kappa shape index (κ3) is 8.52. The Balaban J connectivity index is 0.000000204. The van der Waals surface area contributed by atoms with E-state index in [9.17, 15) is 28.0 Å². The highest BCUT2D eigenvalue weighted by Gasteiger charge is 2.33. The lowest BCUT2D eigenvalue weighted by Gasteiger charge is -2.26. The number of anilines is 2. The van der Waals surface area contributed by atoms with E-state index in [4.69, 9.17) is 51.5 Å². The van der Waals surface area contributed by atoms with Crippen molar-refractivity contribution in [2.24, 2.45) is 0 Å². The molecule has 0 bridgehead atoms. The summed E-state index contributed by atoms with van der Waals surface area (Å²) >= 11 is 24.9. The Hall–Kier alpha value is -5.80. The number of ether oxygens (including phenoxy) is 1. The van der Waals surface area contributed by atoms with E-state index in [1.807, 2.05) is 23.9 Å². The summed E-state index contributed by atoms with van der Waals surface area (Å²) in [5.74, 6) is -3.14. The smallest absolute Gasteiger partial charge is 0.337 e. The van der Waals surface area contributed by atoms with Gasteiger partial charge in [0.05, 0.1) is 49.5 Å². The molecule has 62 heavy (non-hydrogen) atoms. The molecule has 322 valence electrons. The molecule has 0 unspecified atom stereocenters. The average Bonchev–Trinajstić information content (AvgIpc) is 3.81. The molecule has 4 aromatic carbocycles. The minimum absolute atomic E-state index is 0. The first kappa shape index (κ1) is 45.7. The highest BCUT2D eigenvalue weighted by atomic mass is 35.5. The van der Waals surface area contributed by atoms with Gasteiger partial charge >= 0.3 is 11.9 Å². The van der Waals surface area contributed by atoms with Crippen molar-refractivity contribution < 1.29 is 37.8 Å². The number of esters is 1. The molecule has 18 heteroatoms. The first-order chi connectivity index (χ1) is 29.1. The van der Waals surface area contributed by atoms with E-state index >= 15 is 0 Å². The number of carbonyl (C=O) groups is 4. The van der Waals surface area contributed by atoms with E-state index in [-0.39, 0.29) is 60.9 Å². The zero-order valence-corrected chi connectivity index (χ0v) is 35.6. The van der Waals surface area contributed by atoms with Gasteiger partial charge in [-0.25, -0.2) is 18.4 Å². The second-order valence-corrected chi connectivity index (χ2v) is 15.8. The highest BCUT2D eigenvalue weighted by Crippen LogP contribution is 2.39. The maximum absolute atomic E-state index is 15.0. The molecule has 0 atom stereocenters. The normalized spacial score (nSPS) is 13.0. The van der Waals surface area contributed by atoms with E-state index in [1.54, 1.807) is 36.4 Å². The van der Waals surface area contributed by atoms with Crippen LogP contribution in [0.5, 0.6) is 0 Å². The predicted molar refractivity (Wildman–Crippen MR) is 236 cm³/mol. The first-order valence-electron chi connectivity index (χ1n) is 18.7. The van der Waals surface area contributed by atoms with Gasteiger partial charge in [0.25, 0.3) is 11.8 Å². The number of carboxylic acids is 1. The van der Waals surface area contributed by atoms with Gasteiger partial charge in [0.2, 0.25) is 0 Å². The van der Waals surface area contributed by atoms with Crippen LogP contribution in [0.15, 0.2) is 72.8 Å². The highest BCUT2D eigenvalue weighted by molar-refractivity contribution is 6.40. The molecule has 0 aliphatic carbocycles. The number of carboxylic acid groups (broad SMARTS) is 1. The molecule has 2 aliphatic rings. The van der Waals surface area contributed by atoms with Gasteiger partial charge in [0, 0.05) is 49.4 Å². The van der Waals surface area contributed by atoms with Gasteiger partial charge in [-0.3, -0.25) is 9.59 Å². The minimum Gasteiger partial charge on any atom is -0.478 e. The Bertz CT molecular complexity index is 2730. The van der Waals surface area contributed by atoms with Crippen molar-refractivity contribution in [2.75, 3.05) is 44.1 Å². The Morgan fingerprint density at radius 3 is 1.40 bits per heavy atom. The van der Waals surface area contributed by atoms with Crippen molar-refractivity contribution in [1.82, 2.24) is 19.6 Å². The molecule has 0 radical (unpaired) electrons. The van der Waals surface area contributed by atoms with Crippen LogP contribution in [0.4, 0.5) is 20.4 Å². The largest absolute Gasteiger partial charge is 0.478 e. The molecule has 12 nitrogen and oxygen atoms in total. The predicted octanol–water partition coefficient (Wildman–Crippen LogP) is 10.3. The standard InChI is InChI=1S/C22H18Cl2FN3O3.C21H16Cl2FN3O3.CH4/c1-27-10-4-5-14-19(13-9-8-12(11-17(13)25)22(30)31-2)26-28(20(14)27)21(29)18-15(23)6-3-7-16(18)24;1-26-9-3-4-13-18(12-8-7-11(21(29)30)10-16(12)24)25-27(19(13)26)20(28)17-14(22)5-2-6-15(17)23;/h3,6-9,11H,4-5,10H2,1-2H3;2,5-8,10H,3-4,9H2,1H3,(H,29,30);1H4. The average molecular weight is 927 g/mol. The summed E-state index contributed by atoms with van der Waals surface area (Å²) in [6, 6.07) is 17.2. The van der Waals surface area contributed by atoms with Gasteiger partial charge in [0.1, 0.15) is 34.7 Å². The quantitative estimate of drug-likeness (QED) is 0.161. The van der Waals surface area contributed by atoms with E-state index in [0.29, 0.717) is 54.5 Å². The number of fused-ring (bicyclic) bond motifs is 2. The van der Waals surface area contributed by atoms with Crippen molar-refractivity contribution in [2.45, 2.75) is 33.1 Å². The van der Waals surface area contributed by atoms with Crippen molar-refractivity contribution in [3.8, 4) is 22.5 Å². The van der Waals surface area contributed by atoms with Crippen LogP contribution < -0.4 is 9.80 Å². The van der Waals surface area contributed by atoms with Crippen LogP contribution in [0.2, 0.25) is 20.1 Å². The molecule has 6 aromatic rings. The molecule has 0 spiro atoms. The maximum Gasteiger partial charge on any atom is 0.337 e. The van der Waals surface area contributed by atoms with Crippen LogP contribution >= 0.6 is 46.4 Å². The number of rotatable bonds is 6. The monoisotopic (exact) mass is 924 g/mol. The van der Waals surface area contributed by atoms with Gasteiger partial charge in [-0.05, 0) is 86.3 Å². The first-order valence-corrected chi connectivity index (χ1v) is 20.2. The Morgan fingerprint density at radius 2 is 1.03 bits per heavy atom. The zero-order chi connectivity index (χ0) is 43.9. The number of aromatic nitrogens is 4. The fourth-order valence-corrected chi connectivity index (χ4v) is 8.57. The third-order valence-corrected chi connectivity index (χ3v) is 11.6. The molecule has 0 saturated carbocycles. The molecule has 0 amide bonds. The number of nitrogens with zero attached hydrogens (tertiary/aromatic N) is 6. The molecule has 2 aromatic heterocycles. The number of carbonyl (C=O) groups excluding carboxylic acids is 3. The van der Waals surface area contributed by atoms with Gasteiger partial charge in [0.15, 0.2) is 0 Å². The summed E-state index contributed by atoms with van der Waals surface area (Å²) in [7, 11) is 4.90. The van der Waals surface area contributed by atoms with Crippen LogP contribution in [0.25, 0.3) is 22.5 Å². The van der Waals surface area contributed by atoms with Gasteiger partial charge < -0.3 is 19.6 Å². The lowest BCUT2D eigenvalue weighted by Crippen LogP contribution is -2.29. The van der Waals surface area contributed by atoms with Gasteiger partial charge in [-0.1, -0.05) is 66.0 Å². The van der Waals surface area contributed by atoms with Crippen molar-refractivity contribution in [1.29, 1.82) is 0 Å². The van der Waals surface area contributed by atoms with E-state index in [2.05, 4.69) is 14.9 Å². The molecule has 4 heterocycles. The molecular formula is C44H38Cl4F2N6O6. The molecular weight excluding hydrogens is 888 g/mol. The maximum atomic E-state index is 15.0. The van der Waals surface area contributed by atoms with Crippen LogP contribution in [0.3, 0.4) is 0 Å². The number of halogens is 6. The number of hydrogen-bond donors (Lipinski definition) is 1. The Kier molecular flexibility index (Phi) is 13.8. The molecule has 0 fully saturated rings. The molecule has 0 saturated heterocycles. The summed E-state index contributed by atoms with van der Waals surface area (Å²) < 4.78 is 36.8. The summed E-state index contributed by atoms with van der Waals surface area (Å²) in [6.07, 6.45) is 2.85. The summed E-state index contributed by atoms with van der Waals surface area (Å²) in [6.45, 7) is 1.41. The van der Waals surface area contributed by atoms with Gasteiger partial charge in [-0.15, -0.1) is 0 Å². The van der Waals surface area contributed by atoms with E-state index in [0.717, 1.165) is 30.5 Å². The van der Waals surface area contributed by atoms with Crippen LogP contribution in [-0.2, 0) is 17.6 Å². The second-order valence-electron chi connectivity index (χ2n) is 14.2. The number of benzene rings is 4.